The Hall–Kier alpha value is -2.00. The standard InChI is InChI=1S/C17H17ClN2O/c1-2-11-21-15-10-6-9-14-17(15)19-16(12-18)20(14)13-7-4-3-5-8-13/h3-10H,2,11-12H2,1H3. The monoisotopic (exact) mass is 300 g/mol. The highest BCUT2D eigenvalue weighted by molar-refractivity contribution is 6.17. The topological polar surface area (TPSA) is 27.1 Å². The minimum Gasteiger partial charge on any atom is -0.491 e. The summed E-state index contributed by atoms with van der Waals surface area (Å²) in [5.41, 5.74) is 2.94. The number of hydrogen-bond acceptors (Lipinski definition) is 2. The smallest absolute Gasteiger partial charge is 0.147 e. The maximum atomic E-state index is 6.09. The fourth-order valence-corrected chi connectivity index (χ4v) is 2.58. The highest BCUT2D eigenvalue weighted by atomic mass is 35.5. The van der Waals surface area contributed by atoms with E-state index in [-0.39, 0.29) is 0 Å². The first kappa shape index (κ1) is 14.0. The number of rotatable bonds is 5. The van der Waals surface area contributed by atoms with E-state index in [0.29, 0.717) is 12.5 Å². The maximum Gasteiger partial charge on any atom is 0.147 e. The van der Waals surface area contributed by atoms with Gasteiger partial charge in [-0.2, -0.15) is 0 Å². The third-order valence-corrected chi connectivity index (χ3v) is 3.55. The molecule has 108 valence electrons. The fourth-order valence-electron chi connectivity index (χ4n) is 2.40. The van der Waals surface area contributed by atoms with Crippen molar-refractivity contribution in [3.63, 3.8) is 0 Å². The first-order chi connectivity index (χ1) is 10.3. The van der Waals surface area contributed by atoms with Crippen molar-refractivity contribution in [3.8, 4) is 11.4 Å². The Morgan fingerprint density at radius 3 is 2.62 bits per heavy atom. The first-order valence-corrected chi connectivity index (χ1v) is 7.63. The molecular weight excluding hydrogens is 284 g/mol. The van der Waals surface area contributed by atoms with Crippen LogP contribution >= 0.6 is 11.6 Å². The number of imidazole rings is 1. The molecule has 3 rings (SSSR count). The Morgan fingerprint density at radius 2 is 1.90 bits per heavy atom. The molecule has 0 N–H and O–H groups in total. The van der Waals surface area contributed by atoms with E-state index in [0.717, 1.165) is 34.7 Å². The molecule has 0 atom stereocenters. The zero-order chi connectivity index (χ0) is 14.7. The maximum absolute atomic E-state index is 6.09. The summed E-state index contributed by atoms with van der Waals surface area (Å²) in [6, 6.07) is 16.1. The molecule has 0 aliphatic heterocycles. The van der Waals surface area contributed by atoms with Crippen LogP contribution in [0.25, 0.3) is 16.7 Å². The molecule has 0 unspecified atom stereocenters. The van der Waals surface area contributed by atoms with Gasteiger partial charge in [0.2, 0.25) is 0 Å². The van der Waals surface area contributed by atoms with Crippen LogP contribution in [0.1, 0.15) is 19.2 Å². The predicted molar refractivity (Wildman–Crippen MR) is 86.4 cm³/mol. The van der Waals surface area contributed by atoms with E-state index in [4.69, 9.17) is 16.3 Å². The van der Waals surface area contributed by atoms with E-state index in [1.165, 1.54) is 0 Å². The number of benzene rings is 2. The lowest BCUT2D eigenvalue weighted by atomic mass is 10.2. The van der Waals surface area contributed by atoms with E-state index >= 15 is 0 Å². The second-order valence-corrected chi connectivity index (χ2v) is 5.07. The van der Waals surface area contributed by atoms with Gasteiger partial charge in [0.25, 0.3) is 0 Å². The van der Waals surface area contributed by atoms with Gasteiger partial charge in [0.15, 0.2) is 0 Å². The third kappa shape index (κ3) is 2.61. The number of para-hydroxylation sites is 2. The Bertz CT molecular complexity index is 737. The molecule has 1 heterocycles. The van der Waals surface area contributed by atoms with Crippen LogP contribution < -0.4 is 4.74 Å². The summed E-state index contributed by atoms with van der Waals surface area (Å²) >= 11 is 6.09. The number of ether oxygens (including phenoxy) is 1. The van der Waals surface area contributed by atoms with Gasteiger partial charge >= 0.3 is 0 Å². The van der Waals surface area contributed by atoms with Gasteiger partial charge in [-0.3, -0.25) is 4.57 Å². The van der Waals surface area contributed by atoms with Crippen molar-refractivity contribution in [2.24, 2.45) is 0 Å². The molecule has 0 spiro atoms. The number of alkyl halides is 1. The molecule has 0 saturated heterocycles. The quantitative estimate of drug-likeness (QED) is 0.646. The summed E-state index contributed by atoms with van der Waals surface area (Å²) in [6.07, 6.45) is 0.970. The number of nitrogens with zero attached hydrogens (tertiary/aromatic N) is 2. The number of aromatic nitrogens is 2. The average molecular weight is 301 g/mol. The fraction of sp³-hybridized carbons (Fsp3) is 0.235. The van der Waals surface area contributed by atoms with E-state index in [1.54, 1.807) is 0 Å². The van der Waals surface area contributed by atoms with Gasteiger partial charge in [0.1, 0.15) is 17.1 Å². The van der Waals surface area contributed by atoms with Crippen molar-refractivity contribution in [1.82, 2.24) is 9.55 Å². The van der Waals surface area contributed by atoms with Crippen molar-refractivity contribution in [2.75, 3.05) is 6.61 Å². The average Bonchev–Trinajstić information content (AvgIpc) is 2.92. The van der Waals surface area contributed by atoms with E-state index in [9.17, 15) is 0 Å². The van der Waals surface area contributed by atoms with Crippen LogP contribution in [0.4, 0.5) is 0 Å². The summed E-state index contributed by atoms with van der Waals surface area (Å²) in [6.45, 7) is 2.78. The highest BCUT2D eigenvalue weighted by Crippen LogP contribution is 2.29. The Labute approximate surface area is 129 Å². The van der Waals surface area contributed by atoms with Gasteiger partial charge in [0.05, 0.1) is 18.0 Å². The zero-order valence-corrected chi connectivity index (χ0v) is 12.7. The molecule has 0 bridgehead atoms. The summed E-state index contributed by atoms with van der Waals surface area (Å²) in [5, 5.41) is 0. The molecule has 0 aliphatic rings. The number of hydrogen-bond donors (Lipinski definition) is 0. The summed E-state index contributed by atoms with van der Waals surface area (Å²) in [7, 11) is 0. The normalized spacial score (nSPS) is 11.0. The molecule has 4 heteroatoms. The molecule has 0 saturated carbocycles. The molecular formula is C17H17ClN2O. The van der Waals surface area contributed by atoms with Crippen LogP contribution in [0, 0.1) is 0 Å². The van der Waals surface area contributed by atoms with Crippen LogP contribution in [-0.2, 0) is 5.88 Å². The van der Waals surface area contributed by atoms with Crippen LogP contribution in [0.3, 0.4) is 0 Å². The van der Waals surface area contributed by atoms with E-state index in [1.807, 2.05) is 36.4 Å². The number of fused-ring (bicyclic) bond motifs is 1. The zero-order valence-electron chi connectivity index (χ0n) is 11.9. The van der Waals surface area contributed by atoms with Crippen LogP contribution in [0.15, 0.2) is 48.5 Å². The van der Waals surface area contributed by atoms with Crippen molar-refractivity contribution in [3.05, 3.63) is 54.4 Å². The van der Waals surface area contributed by atoms with Crippen molar-refractivity contribution in [1.29, 1.82) is 0 Å². The molecule has 0 radical (unpaired) electrons. The van der Waals surface area contributed by atoms with Gasteiger partial charge in [-0.05, 0) is 30.7 Å². The van der Waals surface area contributed by atoms with Crippen LogP contribution in [0.2, 0.25) is 0 Å². The molecule has 0 fully saturated rings. The van der Waals surface area contributed by atoms with Gasteiger partial charge in [-0.25, -0.2) is 4.98 Å². The SMILES string of the molecule is CCCOc1cccc2c1nc(CCl)n2-c1ccccc1. The lowest BCUT2D eigenvalue weighted by Crippen LogP contribution is -1.98. The third-order valence-electron chi connectivity index (χ3n) is 3.31. The van der Waals surface area contributed by atoms with Crippen molar-refractivity contribution < 1.29 is 4.74 Å². The van der Waals surface area contributed by atoms with Crippen LogP contribution in [0.5, 0.6) is 5.75 Å². The lowest BCUT2D eigenvalue weighted by molar-refractivity contribution is 0.320. The Balaban J connectivity index is 2.20. The highest BCUT2D eigenvalue weighted by Gasteiger charge is 2.14. The largest absolute Gasteiger partial charge is 0.491 e. The van der Waals surface area contributed by atoms with Crippen molar-refractivity contribution >= 4 is 22.6 Å². The van der Waals surface area contributed by atoms with E-state index < -0.39 is 0 Å². The summed E-state index contributed by atoms with van der Waals surface area (Å²) < 4.78 is 7.88. The minimum absolute atomic E-state index is 0.358. The second-order valence-electron chi connectivity index (χ2n) is 4.80. The molecule has 3 aromatic rings. The van der Waals surface area contributed by atoms with Gasteiger partial charge in [-0.15, -0.1) is 11.6 Å². The Morgan fingerprint density at radius 1 is 1.10 bits per heavy atom. The van der Waals surface area contributed by atoms with Crippen LogP contribution in [-0.4, -0.2) is 16.2 Å². The molecule has 0 amide bonds. The predicted octanol–water partition coefficient (Wildman–Crippen LogP) is 4.55. The molecule has 3 nitrogen and oxygen atoms in total. The van der Waals surface area contributed by atoms with E-state index in [2.05, 4.69) is 28.6 Å². The van der Waals surface area contributed by atoms with Gasteiger partial charge in [-0.1, -0.05) is 31.2 Å². The summed E-state index contributed by atoms with van der Waals surface area (Å²) in [5.74, 6) is 2.00. The lowest BCUT2D eigenvalue weighted by Gasteiger charge is -2.08. The first-order valence-electron chi connectivity index (χ1n) is 7.09. The molecule has 21 heavy (non-hydrogen) atoms. The minimum atomic E-state index is 0.358. The number of halogens is 1. The molecule has 2 aromatic carbocycles. The Kier molecular flexibility index (Phi) is 4.11. The summed E-state index contributed by atoms with van der Waals surface area (Å²) in [4.78, 5) is 4.67. The van der Waals surface area contributed by atoms with Gasteiger partial charge in [0, 0.05) is 5.69 Å². The van der Waals surface area contributed by atoms with Gasteiger partial charge < -0.3 is 4.74 Å². The molecule has 1 aromatic heterocycles. The second kappa shape index (κ2) is 6.19. The molecule has 0 aliphatic carbocycles. The van der Waals surface area contributed by atoms with Crippen molar-refractivity contribution in [2.45, 2.75) is 19.2 Å².